The fourth-order valence-corrected chi connectivity index (χ4v) is 3.42. The van der Waals surface area contributed by atoms with Gasteiger partial charge in [-0.2, -0.15) is 11.8 Å². The molecule has 1 aromatic carbocycles. The Morgan fingerprint density at radius 3 is 2.84 bits per heavy atom. The molecule has 1 fully saturated rings. The van der Waals surface area contributed by atoms with Gasteiger partial charge in [-0.25, -0.2) is 0 Å². The molecule has 19 heavy (non-hydrogen) atoms. The van der Waals surface area contributed by atoms with Gasteiger partial charge in [0.05, 0.1) is 5.54 Å². The largest absolute Gasteiger partial charge is 0.305 e. The molecule has 106 valence electrons. The average molecular weight is 278 g/mol. The van der Waals surface area contributed by atoms with E-state index in [1.807, 2.05) is 0 Å². The first-order chi connectivity index (χ1) is 9.24. The monoisotopic (exact) mass is 278 g/mol. The van der Waals surface area contributed by atoms with Crippen LogP contribution in [-0.4, -0.2) is 42.6 Å². The molecular formula is C16H26N2S. The number of benzene rings is 1. The summed E-state index contributed by atoms with van der Waals surface area (Å²) in [5, 5.41) is 3.70. The number of thioether (sulfide) groups is 1. The van der Waals surface area contributed by atoms with Crippen molar-refractivity contribution in [2.45, 2.75) is 25.8 Å². The molecule has 2 nitrogen and oxygen atoms in total. The van der Waals surface area contributed by atoms with E-state index in [-0.39, 0.29) is 5.54 Å². The van der Waals surface area contributed by atoms with Crippen LogP contribution in [-0.2, 0) is 5.54 Å². The first-order valence-electron chi connectivity index (χ1n) is 7.35. The van der Waals surface area contributed by atoms with Crippen molar-refractivity contribution in [3.05, 3.63) is 35.9 Å². The molecule has 0 aromatic heterocycles. The van der Waals surface area contributed by atoms with Crippen molar-refractivity contribution in [3.8, 4) is 0 Å². The number of piperazine rings is 1. The Labute approximate surface area is 122 Å². The Balaban J connectivity index is 1.89. The van der Waals surface area contributed by atoms with E-state index in [0.29, 0.717) is 0 Å². The van der Waals surface area contributed by atoms with Crippen LogP contribution in [0.5, 0.6) is 0 Å². The lowest BCUT2D eigenvalue weighted by atomic mass is 9.89. The van der Waals surface area contributed by atoms with Crippen molar-refractivity contribution in [1.82, 2.24) is 10.2 Å². The molecule has 3 heteroatoms. The fourth-order valence-electron chi connectivity index (χ4n) is 2.80. The number of nitrogens with zero attached hydrogens (tertiary/aromatic N) is 1. The second-order valence-corrected chi connectivity index (χ2v) is 6.85. The molecule has 1 saturated heterocycles. The summed E-state index contributed by atoms with van der Waals surface area (Å²) in [4.78, 5) is 2.61. The predicted octanol–water partition coefficient (Wildman–Crippen LogP) is 2.95. The first-order valence-corrected chi connectivity index (χ1v) is 8.51. The van der Waals surface area contributed by atoms with Crippen molar-refractivity contribution < 1.29 is 0 Å². The van der Waals surface area contributed by atoms with E-state index in [4.69, 9.17) is 0 Å². The van der Waals surface area contributed by atoms with Gasteiger partial charge in [0, 0.05) is 19.6 Å². The van der Waals surface area contributed by atoms with Gasteiger partial charge in [-0.15, -0.1) is 0 Å². The molecule has 1 aliphatic heterocycles. The average Bonchev–Trinajstić information content (AvgIpc) is 2.45. The number of hydrogen-bond acceptors (Lipinski definition) is 3. The molecule has 1 aliphatic rings. The molecule has 1 aromatic rings. The molecule has 0 radical (unpaired) electrons. The summed E-state index contributed by atoms with van der Waals surface area (Å²) in [5.74, 6) is 2.53. The van der Waals surface area contributed by atoms with E-state index in [0.717, 1.165) is 13.1 Å². The highest BCUT2D eigenvalue weighted by Gasteiger charge is 2.31. The standard InChI is InChI=1S/C16H26N2S/c1-3-19-13-7-11-18-12-10-17-16(2,14-18)15-8-5-4-6-9-15/h4-6,8-9,17H,3,7,10-14H2,1-2H3. The maximum Gasteiger partial charge on any atom is 0.0535 e. The molecule has 0 amide bonds. The van der Waals surface area contributed by atoms with Crippen molar-refractivity contribution in [2.75, 3.05) is 37.7 Å². The lowest BCUT2D eigenvalue weighted by molar-refractivity contribution is 0.143. The molecule has 2 rings (SSSR count). The zero-order valence-electron chi connectivity index (χ0n) is 12.2. The molecule has 1 unspecified atom stereocenters. The van der Waals surface area contributed by atoms with Crippen LogP contribution < -0.4 is 5.32 Å². The van der Waals surface area contributed by atoms with Crippen LogP contribution in [0.1, 0.15) is 25.8 Å². The van der Waals surface area contributed by atoms with Crippen LogP contribution >= 0.6 is 11.8 Å². The van der Waals surface area contributed by atoms with Gasteiger partial charge in [0.15, 0.2) is 0 Å². The van der Waals surface area contributed by atoms with Gasteiger partial charge in [-0.05, 0) is 37.0 Å². The van der Waals surface area contributed by atoms with Crippen LogP contribution in [0.4, 0.5) is 0 Å². The molecular weight excluding hydrogens is 252 g/mol. The molecule has 1 N–H and O–H groups in total. The summed E-state index contributed by atoms with van der Waals surface area (Å²) in [5.41, 5.74) is 1.51. The van der Waals surface area contributed by atoms with Gasteiger partial charge in [0.1, 0.15) is 0 Å². The van der Waals surface area contributed by atoms with Crippen molar-refractivity contribution in [1.29, 1.82) is 0 Å². The Morgan fingerprint density at radius 2 is 2.11 bits per heavy atom. The maximum atomic E-state index is 3.70. The Bertz CT molecular complexity index is 368. The normalized spacial score (nSPS) is 24.5. The minimum Gasteiger partial charge on any atom is -0.305 e. The highest BCUT2D eigenvalue weighted by molar-refractivity contribution is 7.99. The van der Waals surface area contributed by atoms with Crippen LogP contribution in [0.25, 0.3) is 0 Å². The third-order valence-corrected chi connectivity index (χ3v) is 4.85. The third kappa shape index (κ3) is 4.23. The number of nitrogens with one attached hydrogen (secondary N) is 1. The third-order valence-electron chi connectivity index (χ3n) is 3.86. The van der Waals surface area contributed by atoms with E-state index in [1.165, 1.54) is 36.6 Å². The smallest absolute Gasteiger partial charge is 0.0535 e. The van der Waals surface area contributed by atoms with Crippen molar-refractivity contribution in [2.24, 2.45) is 0 Å². The zero-order chi connectivity index (χ0) is 13.6. The highest BCUT2D eigenvalue weighted by atomic mass is 32.2. The summed E-state index contributed by atoms with van der Waals surface area (Å²) in [6, 6.07) is 10.8. The molecule has 1 atom stereocenters. The predicted molar refractivity (Wildman–Crippen MR) is 85.9 cm³/mol. The van der Waals surface area contributed by atoms with Gasteiger partial charge in [-0.1, -0.05) is 37.3 Å². The maximum absolute atomic E-state index is 3.70. The van der Waals surface area contributed by atoms with E-state index < -0.39 is 0 Å². The van der Waals surface area contributed by atoms with Crippen LogP contribution in [0, 0.1) is 0 Å². The summed E-state index contributed by atoms with van der Waals surface area (Å²) in [6.45, 7) is 9.19. The van der Waals surface area contributed by atoms with Crippen LogP contribution in [0.2, 0.25) is 0 Å². The van der Waals surface area contributed by atoms with Gasteiger partial charge in [-0.3, -0.25) is 4.90 Å². The second kappa shape index (κ2) is 7.32. The minimum atomic E-state index is 0.109. The van der Waals surface area contributed by atoms with E-state index in [9.17, 15) is 0 Å². The van der Waals surface area contributed by atoms with Crippen molar-refractivity contribution >= 4 is 11.8 Å². The fraction of sp³-hybridized carbons (Fsp3) is 0.625. The highest BCUT2D eigenvalue weighted by Crippen LogP contribution is 2.24. The van der Waals surface area contributed by atoms with Gasteiger partial charge in [0.2, 0.25) is 0 Å². The quantitative estimate of drug-likeness (QED) is 0.806. The zero-order valence-corrected chi connectivity index (χ0v) is 13.0. The Kier molecular flexibility index (Phi) is 5.74. The Hall–Kier alpha value is -0.510. The summed E-state index contributed by atoms with van der Waals surface area (Å²) >= 11 is 2.05. The lowest BCUT2D eigenvalue weighted by Crippen LogP contribution is -2.56. The molecule has 0 aliphatic carbocycles. The SMILES string of the molecule is CCSCCCN1CCNC(C)(c2ccccc2)C1. The summed E-state index contributed by atoms with van der Waals surface area (Å²) < 4.78 is 0. The second-order valence-electron chi connectivity index (χ2n) is 5.45. The van der Waals surface area contributed by atoms with Crippen LogP contribution in [0.15, 0.2) is 30.3 Å². The molecule has 0 saturated carbocycles. The summed E-state index contributed by atoms with van der Waals surface area (Å²) in [6.07, 6.45) is 1.31. The van der Waals surface area contributed by atoms with E-state index in [1.54, 1.807) is 0 Å². The molecule has 0 bridgehead atoms. The Morgan fingerprint density at radius 1 is 1.32 bits per heavy atom. The number of rotatable bonds is 6. The minimum absolute atomic E-state index is 0.109. The first kappa shape index (κ1) is 14.9. The summed E-state index contributed by atoms with van der Waals surface area (Å²) in [7, 11) is 0. The van der Waals surface area contributed by atoms with E-state index in [2.05, 4.69) is 66.2 Å². The number of hydrogen-bond donors (Lipinski definition) is 1. The van der Waals surface area contributed by atoms with Gasteiger partial charge in [0.25, 0.3) is 0 Å². The van der Waals surface area contributed by atoms with Gasteiger partial charge < -0.3 is 5.32 Å². The van der Waals surface area contributed by atoms with E-state index >= 15 is 0 Å². The lowest BCUT2D eigenvalue weighted by Gasteiger charge is -2.42. The van der Waals surface area contributed by atoms with Crippen molar-refractivity contribution in [3.63, 3.8) is 0 Å². The van der Waals surface area contributed by atoms with Crippen LogP contribution in [0.3, 0.4) is 0 Å². The molecule has 0 spiro atoms. The molecule has 1 heterocycles. The van der Waals surface area contributed by atoms with Gasteiger partial charge >= 0.3 is 0 Å². The topological polar surface area (TPSA) is 15.3 Å².